The zero-order chi connectivity index (χ0) is 12.2. The van der Waals surface area contributed by atoms with E-state index >= 15 is 0 Å². The van der Waals surface area contributed by atoms with E-state index in [1.54, 1.807) is 0 Å². The lowest BCUT2D eigenvalue weighted by Crippen LogP contribution is -2.30. The van der Waals surface area contributed by atoms with E-state index < -0.39 is 0 Å². The van der Waals surface area contributed by atoms with Gasteiger partial charge in [-0.15, -0.1) is 13.2 Å². The molecule has 1 amide bonds. The number of rotatable bonds is 9. The van der Waals surface area contributed by atoms with Gasteiger partial charge in [-0.3, -0.25) is 9.69 Å². The third kappa shape index (κ3) is 7.75. The average Bonchev–Trinajstić information content (AvgIpc) is 2.25. The maximum Gasteiger partial charge on any atom is 0.265 e. The Kier molecular flexibility index (Phi) is 8.91. The molecule has 0 saturated carbocycles. The van der Waals surface area contributed by atoms with E-state index in [0.29, 0.717) is 6.54 Å². The van der Waals surface area contributed by atoms with Crippen molar-refractivity contribution < 1.29 is 10.0 Å². The van der Waals surface area contributed by atoms with Crippen LogP contribution in [0, 0.1) is 0 Å². The highest BCUT2D eigenvalue weighted by atomic mass is 16.4. The molecule has 0 fully saturated rings. The van der Waals surface area contributed by atoms with Gasteiger partial charge >= 0.3 is 0 Å². The van der Waals surface area contributed by atoms with Gasteiger partial charge in [0.05, 0.1) is 0 Å². The largest absolute Gasteiger partial charge is 0.411 e. The molecular formula is C11H19N3O2. The van der Waals surface area contributed by atoms with Crippen molar-refractivity contribution in [2.75, 3.05) is 26.2 Å². The third-order valence-electron chi connectivity index (χ3n) is 1.90. The first kappa shape index (κ1) is 14.4. The van der Waals surface area contributed by atoms with Gasteiger partial charge in [0.2, 0.25) is 0 Å². The van der Waals surface area contributed by atoms with E-state index in [2.05, 4.69) is 28.5 Å². The van der Waals surface area contributed by atoms with Crippen LogP contribution in [0.25, 0.3) is 0 Å². The minimum absolute atomic E-state index is 0.388. The van der Waals surface area contributed by atoms with Crippen LogP contribution in [0.1, 0.15) is 6.42 Å². The first-order valence-corrected chi connectivity index (χ1v) is 5.14. The van der Waals surface area contributed by atoms with Crippen LogP contribution in [0.2, 0.25) is 0 Å². The lowest BCUT2D eigenvalue weighted by molar-refractivity contribution is -0.114. The fourth-order valence-electron chi connectivity index (χ4n) is 1.23. The molecule has 0 unspecified atom stereocenters. The number of hydrogen-bond acceptors (Lipinski definition) is 4. The van der Waals surface area contributed by atoms with E-state index in [0.717, 1.165) is 32.3 Å². The topological polar surface area (TPSA) is 64.9 Å². The first-order valence-electron chi connectivity index (χ1n) is 5.14. The molecule has 0 aliphatic carbocycles. The van der Waals surface area contributed by atoms with E-state index in [4.69, 9.17) is 5.21 Å². The van der Waals surface area contributed by atoms with Crippen molar-refractivity contribution in [1.29, 1.82) is 0 Å². The van der Waals surface area contributed by atoms with Gasteiger partial charge in [-0.2, -0.15) is 0 Å². The molecule has 16 heavy (non-hydrogen) atoms. The van der Waals surface area contributed by atoms with Gasteiger partial charge in [-0.25, -0.2) is 0 Å². The zero-order valence-electron chi connectivity index (χ0n) is 9.43. The molecule has 90 valence electrons. The van der Waals surface area contributed by atoms with E-state index in [1.165, 1.54) is 0 Å². The van der Waals surface area contributed by atoms with Crippen LogP contribution in [-0.2, 0) is 4.79 Å². The maximum absolute atomic E-state index is 10.9. The van der Waals surface area contributed by atoms with Crippen LogP contribution in [0.4, 0.5) is 0 Å². The highest BCUT2D eigenvalue weighted by molar-refractivity contribution is 6.25. The fraction of sp³-hybridized carbons (Fsp3) is 0.455. The van der Waals surface area contributed by atoms with Crippen molar-refractivity contribution in [2.24, 2.45) is 5.16 Å². The summed E-state index contributed by atoms with van der Waals surface area (Å²) < 4.78 is 0. The fourth-order valence-corrected chi connectivity index (χ4v) is 1.23. The summed E-state index contributed by atoms with van der Waals surface area (Å²) in [6.07, 6.45) is 5.33. The summed E-state index contributed by atoms with van der Waals surface area (Å²) in [5.74, 6) is -0.388. The third-order valence-corrected chi connectivity index (χ3v) is 1.90. The van der Waals surface area contributed by atoms with Crippen molar-refractivity contribution in [3.8, 4) is 0 Å². The molecule has 0 aromatic heterocycles. The molecule has 0 bridgehead atoms. The molecule has 0 heterocycles. The number of nitrogens with one attached hydrogen (secondary N) is 1. The van der Waals surface area contributed by atoms with Gasteiger partial charge < -0.3 is 10.5 Å². The van der Waals surface area contributed by atoms with Crippen molar-refractivity contribution in [3.63, 3.8) is 0 Å². The smallest absolute Gasteiger partial charge is 0.265 e. The van der Waals surface area contributed by atoms with Crippen LogP contribution in [-0.4, -0.2) is 48.4 Å². The Labute approximate surface area is 96.1 Å². The average molecular weight is 225 g/mol. The Morgan fingerprint density at radius 3 is 2.50 bits per heavy atom. The Bertz CT molecular complexity index is 242. The summed E-state index contributed by atoms with van der Waals surface area (Å²) in [6.45, 7) is 10.4. The Morgan fingerprint density at radius 1 is 1.38 bits per heavy atom. The van der Waals surface area contributed by atoms with E-state index in [1.807, 2.05) is 12.2 Å². The minimum Gasteiger partial charge on any atom is -0.411 e. The lowest BCUT2D eigenvalue weighted by Gasteiger charge is -2.18. The molecule has 0 aliphatic rings. The molecule has 2 N–H and O–H groups in total. The second-order valence-electron chi connectivity index (χ2n) is 3.23. The summed E-state index contributed by atoms with van der Waals surface area (Å²) in [5, 5.41) is 13.3. The molecule has 5 heteroatoms. The molecule has 0 aliphatic heterocycles. The molecule has 5 nitrogen and oxygen atoms in total. The number of carbonyl (C=O) groups is 1. The zero-order valence-corrected chi connectivity index (χ0v) is 9.43. The van der Waals surface area contributed by atoms with Gasteiger partial charge in [0.1, 0.15) is 6.21 Å². The number of carbonyl (C=O) groups excluding carboxylic acids is 1. The molecule has 0 spiro atoms. The van der Waals surface area contributed by atoms with Gasteiger partial charge in [0.25, 0.3) is 5.91 Å². The quantitative estimate of drug-likeness (QED) is 0.199. The molecule has 0 saturated heterocycles. The molecular weight excluding hydrogens is 206 g/mol. The van der Waals surface area contributed by atoms with E-state index in [-0.39, 0.29) is 5.91 Å². The molecule has 0 rings (SSSR count). The SMILES string of the molecule is C=CCN(CC=C)CCCNC(=O)C=NO. The number of hydrogen-bond donors (Lipinski definition) is 2. The number of amides is 1. The Morgan fingerprint density at radius 2 is 2.00 bits per heavy atom. The summed E-state index contributed by atoms with van der Waals surface area (Å²) >= 11 is 0. The van der Waals surface area contributed by atoms with Crippen molar-refractivity contribution in [2.45, 2.75) is 6.42 Å². The highest BCUT2D eigenvalue weighted by Gasteiger charge is 2.00. The molecule has 0 radical (unpaired) electrons. The van der Waals surface area contributed by atoms with Gasteiger partial charge in [0, 0.05) is 26.2 Å². The summed E-state index contributed by atoms with van der Waals surface area (Å²) in [5.41, 5.74) is 0. The highest BCUT2D eigenvalue weighted by Crippen LogP contribution is 1.91. The van der Waals surface area contributed by atoms with Gasteiger partial charge in [-0.1, -0.05) is 17.3 Å². The Balaban J connectivity index is 3.64. The molecule has 0 atom stereocenters. The van der Waals surface area contributed by atoms with Crippen LogP contribution in [0.15, 0.2) is 30.5 Å². The summed E-state index contributed by atoms with van der Waals surface area (Å²) in [6, 6.07) is 0. The van der Waals surface area contributed by atoms with Crippen LogP contribution < -0.4 is 5.32 Å². The summed E-state index contributed by atoms with van der Waals surface area (Å²) in [4.78, 5) is 13.0. The second kappa shape index (κ2) is 9.92. The van der Waals surface area contributed by atoms with Crippen molar-refractivity contribution in [1.82, 2.24) is 10.2 Å². The van der Waals surface area contributed by atoms with Crippen LogP contribution >= 0.6 is 0 Å². The van der Waals surface area contributed by atoms with Crippen LogP contribution in [0.3, 0.4) is 0 Å². The molecule has 0 aromatic carbocycles. The number of nitrogens with zero attached hydrogens (tertiary/aromatic N) is 2. The summed E-state index contributed by atoms with van der Waals surface area (Å²) in [7, 11) is 0. The number of oxime groups is 1. The van der Waals surface area contributed by atoms with Crippen molar-refractivity contribution in [3.05, 3.63) is 25.3 Å². The Hall–Kier alpha value is -1.62. The monoisotopic (exact) mass is 225 g/mol. The normalized spacial score (nSPS) is 10.6. The first-order chi connectivity index (χ1) is 7.74. The van der Waals surface area contributed by atoms with Crippen LogP contribution in [0.5, 0.6) is 0 Å². The van der Waals surface area contributed by atoms with Gasteiger partial charge in [-0.05, 0) is 6.42 Å². The molecule has 0 aromatic rings. The predicted octanol–water partition coefficient (Wildman–Crippen LogP) is 0.627. The van der Waals surface area contributed by atoms with Gasteiger partial charge in [0.15, 0.2) is 0 Å². The standard InChI is InChI=1S/C11H19N3O2/c1-3-7-14(8-4-2)9-5-6-12-11(15)10-13-16/h3-4,10,16H,1-2,5-9H2,(H,12,15). The van der Waals surface area contributed by atoms with Crippen molar-refractivity contribution >= 4 is 12.1 Å². The predicted molar refractivity (Wildman–Crippen MR) is 64.7 cm³/mol. The van der Waals surface area contributed by atoms with E-state index in [9.17, 15) is 4.79 Å². The minimum atomic E-state index is -0.388. The second-order valence-corrected chi connectivity index (χ2v) is 3.23. The lowest BCUT2D eigenvalue weighted by atomic mass is 10.3. The maximum atomic E-state index is 10.9.